The lowest BCUT2D eigenvalue weighted by Gasteiger charge is -2.22. The highest BCUT2D eigenvalue weighted by atomic mass is 15.3. The molecule has 1 N–H and O–H groups in total. The van der Waals surface area contributed by atoms with Crippen molar-refractivity contribution in [2.24, 2.45) is 0 Å². The Morgan fingerprint density at radius 3 is 2.21 bits per heavy atom. The molecule has 2 aromatic rings. The van der Waals surface area contributed by atoms with Gasteiger partial charge in [0, 0.05) is 12.7 Å². The maximum atomic E-state index is 4.07. The zero-order valence-corrected chi connectivity index (χ0v) is 10.7. The van der Waals surface area contributed by atoms with Crippen LogP contribution in [0.15, 0.2) is 79.3 Å². The zero-order chi connectivity index (χ0) is 13.1. The summed E-state index contributed by atoms with van der Waals surface area (Å²) in [5.74, 6) is 0.919. The third-order valence-electron chi connectivity index (χ3n) is 3.25. The van der Waals surface area contributed by atoms with E-state index in [1.54, 1.807) is 0 Å². The summed E-state index contributed by atoms with van der Waals surface area (Å²) in [6.07, 6.45) is 2.01. The van der Waals surface area contributed by atoms with E-state index in [9.17, 15) is 0 Å². The number of benzene rings is 2. The van der Waals surface area contributed by atoms with Crippen molar-refractivity contribution in [2.45, 2.75) is 6.54 Å². The highest BCUT2D eigenvalue weighted by Gasteiger charge is 2.19. The first-order chi connectivity index (χ1) is 9.34. The topological polar surface area (TPSA) is 15.3 Å². The molecule has 3 rings (SSSR count). The second-order valence-corrected chi connectivity index (χ2v) is 4.56. The lowest BCUT2D eigenvalue weighted by molar-refractivity contribution is 0.484. The van der Waals surface area contributed by atoms with E-state index < -0.39 is 0 Å². The van der Waals surface area contributed by atoms with Crippen LogP contribution in [0.1, 0.15) is 11.1 Å². The van der Waals surface area contributed by atoms with Crippen molar-refractivity contribution < 1.29 is 0 Å². The van der Waals surface area contributed by atoms with Gasteiger partial charge in [-0.3, -0.25) is 0 Å². The molecule has 0 saturated heterocycles. The first kappa shape index (κ1) is 11.6. The van der Waals surface area contributed by atoms with Gasteiger partial charge in [0.25, 0.3) is 0 Å². The predicted octanol–water partition coefficient (Wildman–Crippen LogP) is 3.56. The fourth-order valence-corrected chi connectivity index (χ4v) is 2.25. The van der Waals surface area contributed by atoms with Gasteiger partial charge in [0.15, 0.2) is 0 Å². The SMILES string of the molecule is C=C1NC=C(c2ccccc2)N1Cc1ccccc1. The van der Waals surface area contributed by atoms with Crippen molar-refractivity contribution in [1.29, 1.82) is 0 Å². The Balaban J connectivity index is 1.87. The van der Waals surface area contributed by atoms with Crippen LogP contribution in [-0.4, -0.2) is 4.90 Å². The number of hydrogen-bond acceptors (Lipinski definition) is 2. The normalized spacial score (nSPS) is 14.2. The molecule has 2 heteroatoms. The van der Waals surface area contributed by atoms with Gasteiger partial charge in [0.2, 0.25) is 0 Å². The summed E-state index contributed by atoms with van der Waals surface area (Å²) >= 11 is 0. The lowest BCUT2D eigenvalue weighted by atomic mass is 10.1. The minimum Gasteiger partial charge on any atom is -0.346 e. The first-order valence-electron chi connectivity index (χ1n) is 6.37. The molecule has 0 unspecified atom stereocenters. The van der Waals surface area contributed by atoms with Gasteiger partial charge in [-0.25, -0.2) is 0 Å². The molecular formula is C17H16N2. The minimum absolute atomic E-state index is 0.827. The molecule has 0 amide bonds. The molecule has 2 nitrogen and oxygen atoms in total. The maximum absolute atomic E-state index is 4.07. The van der Waals surface area contributed by atoms with Crippen molar-refractivity contribution in [3.8, 4) is 0 Å². The molecule has 2 aromatic carbocycles. The van der Waals surface area contributed by atoms with Crippen LogP contribution in [0, 0.1) is 0 Å². The minimum atomic E-state index is 0.827. The Hall–Kier alpha value is -2.48. The van der Waals surface area contributed by atoms with E-state index in [-0.39, 0.29) is 0 Å². The largest absolute Gasteiger partial charge is 0.346 e. The summed E-state index contributed by atoms with van der Waals surface area (Å²) in [6, 6.07) is 20.8. The van der Waals surface area contributed by atoms with Gasteiger partial charge in [0.1, 0.15) is 5.82 Å². The molecule has 0 saturated carbocycles. The third-order valence-corrected chi connectivity index (χ3v) is 3.25. The van der Waals surface area contributed by atoms with Crippen molar-refractivity contribution >= 4 is 5.70 Å². The predicted molar refractivity (Wildman–Crippen MR) is 78.7 cm³/mol. The first-order valence-corrected chi connectivity index (χ1v) is 6.37. The van der Waals surface area contributed by atoms with E-state index in [2.05, 4.69) is 65.3 Å². The molecule has 1 aliphatic rings. The summed E-state index contributed by atoms with van der Waals surface area (Å²) in [6.45, 7) is 4.90. The molecule has 0 atom stereocenters. The standard InChI is InChI=1S/C17H16N2/c1-14-18-12-17(16-10-6-3-7-11-16)19(14)13-15-8-4-2-5-9-15/h2-12,18H,1,13H2. The van der Waals surface area contributed by atoms with E-state index in [1.165, 1.54) is 11.1 Å². The number of hydrogen-bond donors (Lipinski definition) is 1. The Kier molecular flexibility index (Phi) is 3.07. The van der Waals surface area contributed by atoms with Gasteiger partial charge in [-0.15, -0.1) is 0 Å². The van der Waals surface area contributed by atoms with Crippen LogP contribution >= 0.6 is 0 Å². The van der Waals surface area contributed by atoms with E-state index in [1.807, 2.05) is 18.3 Å². The van der Waals surface area contributed by atoms with Crippen LogP contribution < -0.4 is 5.32 Å². The quantitative estimate of drug-likeness (QED) is 0.893. The average Bonchev–Trinajstić information content (AvgIpc) is 2.82. The number of nitrogens with zero attached hydrogens (tertiary/aromatic N) is 1. The Bertz CT molecular complexity index is 600. The zero-order valence-electron chi connectivity index (χ0n) is 10.7. The number of rotatable bonds is 3. The molecule has 19 heavy (non-hydrogen) atoms. The molecule has 0 aliphatic carbocycles. The highest BCUT2D eigenvalue weighted by Crippen LogP contribution is 2.27. The van der Waals surface area contributed by atoms with E-state index in [4.69, 9.17) is 0 Å². The summed E-state index contributed by atoms with van der Waals surface area (Å²) in [5, 5.41) is 3.21. The molecular weight excluding hydrogens is 232 g/mol. The fraction of sp³-hybridized carbons (Fsp3) is 0.0588. The van der Waals surface area contributed by atoms with Crippen LogP contribution in [0.25, 0.3) is 5.70 Å². The molecule has 0 fully saturated rings. The second-order valence-electron chi connectivity index (χ2n) is 4.56. The average molecular weight is 248 g/mol. The smallest absolute Gasteiger partial charge is 0.103 e. The molecule has 1 heterocycles. The van der Waals surface area contributed by atoms with E-state index in [0.717, 1.165) is 18.1 Å². The Morgan fingerprint density at radius 1 is 0.895 bits per heavy atom. The van der Waals surface area contributed by atoms with Gasteiger partial charge in [-0.1, -0.05) is 67.2 Å². The summed E-state index contributed by atoms with van der Waals surface area (Å²) in [5.41, 5.74) is 3.63. The van der Waals surface area contributed by atoms with E-state index >= 15 is 0 Å². The van der Waals surface area contributed by atoms with Gasteiger partial charge in [0.05, 0.1) is 5.70 Å². The fourth-order valence-electron chi connectivity index (χ4n) is 2.25. The second kappa shape index (κ2) is 5.02. The van der Waals surface area contributed by atoms with Crippen LogP contribution in [0.3, 0.4) is 0 Å². The van der Waals surface area contributed by atoms with Gasteiger partial charge in [-0.05, 0) is 11.1 Å². The molecule has 0 radical (unpaired) electrons. The van der Waals surface area contributed by atoms with E-state index in [0.29, 0.717) is 0 Å². The molecule has 0 bridgehead atoms. The highest BCUT2D eigenvalue weighted by molar-refractivity contribution is 5.67. The van der Waals surface area contributed by atoms with Gasteiger partial charge >= 0.3 is 0 Å². The van der Waals surface area contributed by atoms with Crippen molar-refractivity contribution in [3.63, 3.8) is 0 Å². The number of nitrogens with one attached hydrogen (secondary N) is 1. The molecule has 1 aliphatic heterocycles. The third kappa shape index (κ3) is 2.38. The van der Waals surface area contributed by atoms with Crippen LogP contribution in [0.4, 0.5) is 0 Å². The molecule has 0 spiro atoms. The summed E-state index contributed by atoms with van der Waals surface area (Å²) in [7, 11) is 0. The summed E-state index contributed by atoms with van der Waals surface area (Å²) in [4.78, 5) is 2.20. The van der Waals surface area contributed by atoms with Gasteiger partial charge < -0.3 is 10.2 Å². The Morgan fingerprint density at radius 2 is 1.53 bits per heavy atom. The lowest BCUT2D eigenvalue weighted by Crippen LogP contribution is -2.19. The monoisotopic (exact) mass is 248 g/mol. The maximum Gasteiger partial charge on any atom is 0.103 e. The van der Waals surface area contributed by atoms with Gasteiger partial charge in [-0.2, -0.15) is 0 Å². The molecule has 94 valence electrons. The van der Waals surface area contributed by atoms with Crippen LogP contribution in [-0.2, 0) is 6.54 Å². The van der Waals surface area contributed by atoms with Crippen molar-refractivity contribution in [2.75, 3.05) is 0 Å². The molecule has 0 aromatic heterocycles. The van der Waals surface area contributed by atoms with Crippen molar-refractivity contribution in [3.05, 3.63) is 90.4 Å². The van der Waals surface area contributed by atoms with Crippen molar-refractivity contribution in [1.82, 2.24) is 10.2 Å². The van der Waals surface area contributed by atoms with Crippen LogP contribution in [0.5, 0.6) is 0 Å². The Labute approximate surface area is 113 Å². The van der Waals surface area contributed by atoms with Crippen LogP contribution in [0.2, 0.25) is 0 Å². The summed E-state index contributed by atoms with van der Waals surface area (Å²) < 4.78 is 0.